The molecule has 3 aromatic carbocycles. The number of nitriles is 2. The molecule has 4 rings (SSSR count). The predicted molar refractivity (Wildman–Crippen MR) is 137 cm³/mol. The highest BCUT2D eigenvalue weighted by Gasteiger charge is 2.36. The van der Waals surface area contributed by atoms with Crippen molar-refractivity contribution in [2.75, 3.05) is 12.8 Å². The first-order valence-corrected chi connectivity index (χ1v) is 11.2. The van der Waals surface area contributed by atoms with Crippen LogP contribution in [0.2, 0.25) is 0 Å². The molecule has 0 fully saturated rings. The maximum Gasteiger partial charge on any atom is 0.420 e. The van der Waals surface area contributed by atoms with E-state index in [0.29, 0.717) is 17.3 Å². The van der Waals surface area contributed by atoms with Crippen molar-refractivity contribution in [2.45, 2.75) is 6.18 Å². The third kappa shape index (κ3) is 5.39. The lowest BCUT2D eigenvalue weighted by molar-refractivity contribution is -0.385. The number of hydrogen-bond donors (Lipinski definition) is 1. The number of ether oxygens (including phenoxy) is 2. The lowest BCUT2D eigenvalue weighted by atomic mass is 10.1. The Morgan fingerprint density at radius 1 is 1.07 bits per heavy atom. The van der Waals surface area contributed by atoms with Gasteiger partial charge in [0.15, 0.2) is 11.5 Å². The van der Waals surface area contributed by atoms with Gasteiger partial charge < -0.3 is 15.2 Å². The Morgan fingerprint density at radius 3 is 2.38 bits per heavy atom. The Balaban J connectivity index is 1.73. The van der Waals surface area contributed by atoms with Crippen LogP contribution in [-0.4, -0.2) is 21.8 Å². The maximum atomic E-state index is 13.6. The fraction of sp³-hybridized carbons (Fsp3) is 0.0741. The van der Waals surface area contributed by atoms with Gasteiger partial charge in [-0.1, -0.05) is 24.3 Å². The number of para-hydroxylation sites is 1. The van der Waals surface area contributed by atoms with Gasteiger partial charge in [-0.2, -0.15) is 28.8 Å². The highest BCUT2D eigenvalue weighted by molar-refractivity contribution is 5.91. The Morgan fingerprint density at radius 2 is 1.77 bits per heavy atom. The second-order valence-corrected chi connectivity index (χ2v) is 8.09. The summed E-state index contributed by atoms with van der Waals surface area (Å²) in [7, 11) is 1.26. The smallest absolute Gasteiger partial charge is 0.420 e. The molecule has 0 aliphatic carbocycles. The summed E-state index contributed by atoms with van der Waals surface area (Å²) in [4.78, 5) is 10.0. The van der Waals surface area contributed by atoms with E-state index in [-0.39, 0.29) is 34.1 Å². The molecule has 0 aliphatic rings. The van der Waals surface area contributed by atoms with E-state index in [1.807, 2.05) is 12.1 Å². The number of aromatic nitrogens is 2. The number of rotatable bonds is 7. The molecule has 4 aromatic rings. The highest BCUT2D eigenvalue weighted by Crippen LogP contribution is 2.42. The molecule has 200 valence electrons. The zero-order chi connectivity index (χ0) is 29.0. The van der Waals surface area contributed by atoms with E-state index < -0.39 is 28.1 Å². The number of anilines is 1. The third-order valence-corrected chi connectivity index (χ3v) is 5.61. The van der Waals surface area contributed by atoms with E-state index in [1.54, 1.807) is 30.3 Å². The molecule has 0 spiro atoms. The summed E-state index contributed by atoms with van der Waals surface area (Å²) in [5, 5.41) is 34.8. The van der Waals surface area contributed by atoms with Crippen molar-refractivity contribution in [3.8, 4) is 35.1 Å². The molecular formula is C27H17F3N6O4. The maximum absolute atomic E-state index is 13.6. The SMILES string of the molecule is COc1cc(/C=C(\C#N)c2nn(-c3ccccc3)c(N)c2C#N)ccc1Oc1ccc([N+](=O)[O-])cc1C(F)(F)F. The lowest BCUT2D eigenvalue weighted by Gasteiger charge is -2.15. The first-order chi connectivity index (χ1) is 19.1. The lowest BCUT2D eigenvalue weighted by Crippen LogP contribution is -2.08. The Bertz CT molecular complexity index is 1720. The monoisotopic (exact) mass is 546 g/mol. The van der Waals surface area contributed by atoms with Crippen LogP contribution < -0.4 is 15.2 Å². The summed E-state index contributed by atoms with van der Waals surface area (Å²) in [6, 6.07) is 19.0. The van der Waals surface area contributed by atoms with Crippen molar-refractivity contribution in [1.29, 1.82) is 10.5 Å². The van der Waals surface area contributed by atoms with Gasteiger partial charge in [-0.25, -0.2) is 4.68 Å². The van der Waals surface area contributed by atoms with E-state index in [9.17, 15) is 33.8 Å². The number of nitro benzene ring substituents is 1. The van der Waals surface area contributed by atoms with Gasteiger partial charge in [0.05, 0.1) is 23.3 Å². The van der Waals surface area contributed by atoms with Gasteiger partial charge in [0.1, 0.15) is 40.5 Å². The number of methoxy groups -OCH3 is 1. The molecular weight excluding hydrogens is 529 g/mol. The molecule has 0 aliphatic heterocycles. The molecule has 0 atom stereocenters. The van der Waals surface area contributed by atoms with Crippen molar-refractivity contribution in [3.63, 3.8) is 0 Å². The number of non-ortho nitro benzene ring substituents is 1. The number of nitrogen functional groups attached to an aromatic ring is 1. The Kier molecular flexibility index (Phi) is 7.41. The molecule has 1 heterocycles. The third-order valence-electron chi connectivity index (χ3n) is 5.61. The largest absolute Gasteiger partial charge is 0.493 e. The van der Waals surface area contributed by atoms with Gasteiger partial charge in [-0.05, 0) is 42.0 Å². The van der Waals surface area contributed by atoms with Crippen LogP contribution in [0.5, 0.6) is 17.2 Å². The quantitative estimate of drug-likeness (QED) is 0.165. The van der Waals surface area contributed by atoms with Crippen LogP contribution >= 0.6 is 0 Å². The van der Waals surface area contributed by atoms with Crippen molar-refractivity contribution in [1.82, 2.24) is 9.78 Å². The number of halogens is 3. The van der Waals surface area contributed by atoms with Crippen LogP contribution in [0.4, 0.5) is 24.7 Å². The number of benzene rings is 3. The van der Waals surface area contributed by atoms with E-state index in [0.717, 1.165) is 12.1 Å². The molecule has 40 heavy (non-hydrogen) atoms. The van der Waals surface area contributed by atoms with E-state index in [1.165, 1.54) is 36.1 Å². The molecule has 2 N–H and O–H groups in total. The fourth-order valence-electron chi connectivity index (χ4n) is 3.73. The first-order valence-electron chi connectivity index (χ1n) is 11.2. The van der Waals surface area contributed by atoms with Gasteiger partial charge in [0, 0.05) is 12.1 Å². The van der Waals surface area contributed by atoms with Gasteiger partial charge in [0.2, 0.25) is 0 Å². The average molecular weight is 546 g/mol. The second-order valence-electron chi connectivity index (χ2n) is 8.09. The van der Waals surface area contributed by atoms with Crippen LogP contribution in [0.1, 0.15) is 22.4 Å². The minimum Gasteiger partial charge on any atom is -0.493 e. The summed E-state index contributed by atoms with van der Waals surface area (Å²) in [6.45, 7) is 0. The summed E-state index contributed by atoms with van der Waals surface area (Å²) in [5.41, 5.74) is 5.00. The molecule has 10 nitrogen and oxygen atoms in total. The Hall–Kier alpha value is -5.82. The zero-order valence-corrected chi connectivity index (χ0v) is 20.5. The second kappa shape index (κ2) is 10.9. The number of nitro groups is 1. The van der Waals surface area contributed by atoms with Gasteiger partial charge in [-0.3, -0.25) is 10.1 Å². The van der Waals surface area contributed by atoms with Gasteiger partial charge in [-0.15, -0.1) is 0 Å². The van der Waals surface area contributed by atoms with E-state index in [2.05, 4.69) is 5.10 Å². The molecule has 0 saturated carbocycles. The normalized spacial score (nSPS) is 11.4. The van der Waals surface area contributed by atoms with Crippen LogP contribution in [0.3, 0.4) is 0 Å². The van der Waals surface area contributed by atoms with E-state index in [4.69, 9.17) is 15.2 Å². The first kappa shape index (κ1) is 27.2. The van der Waals surface area contributed by atoms with Crippen molar-refractivity contribution in [2.24, 2.45) is 0 Å². The Labute approximate surface area is 224 Å². The van der Waals surface area contributed by atoms with Gasteiger partial charge in [0.25, 0.3) is 5.69 Å². The molecule has 0 amide bonds. The standard InChI is InChI=1S/C27H17F3N6O4/c1-39-24-12-16(7-9-23(24)40-22-10-8-19(36(37)38)13-21(22)27(28,29)30)11-17(14-31)25-20(15-32)26(33)35(34-25)18-5-3-2-4-6-18/h2-13H,33H2,1H3/b17-11+. The molecule has 1 aromatic heterocycles. The van der Waals surface area contributed by atoms with E-state index >= 15 is 0 Å². The van der Waals surface area contributed by atoms with Gasteiger partial charge >= 0.3 is 6.18 Å². The predicted octanol–water partition coefficient (Wildman–Crippen LogP) is 6.12. The van der Waals surface area contributed by atoms with Crippen molar-refractivity contribution in [3.05, 3.63) is 99.2 Å². The number of alkyl halides is 3. The molecule has 0 unspecified atom stereocenters. The van der Waals surface area contributed by atoms with Crippen molar-refractivity contribution < 1.29 is 27.6 Å². The zero-order valence-electron chi connectivity index (χ0n) is 20.5. The fourth-order valence-corrected chi connectivity index (χ4v) is 3.73. The summed E-state index contributed by atoms with van der Waals surface area (Å²) in [6.07, 6.45) is -3.53. The molecule has 0 radical (unpaired) electrons. The summed E-state index contributed by atoms with van der Waals surface area (Å²) in [5.74, 6) is -0.743. The summed E-state index contributed by atoms with van der Waals surface area (Å²) >= 11 is 0. The minimum atomic E-state index is -4.93. The van der Waals surface area contributed by atoms with Crippen LogP contribution in [0.15, 0.2) is 66.7 Å². The topological polar surface area (TPSA) is 153 Å². The average Bonchev–Trinajstić information content (AvgIpc) is 3.28. The number of hydrogen-bond acceptors (Lipinski definition) is 8. The highest BCUT2D eigenvalue weighted by atomic mass is 19.4. The number of nitrogens with two attached hydrogens (primary N) is 1. The summed E-state index contributed by atoms with van der Waals surface area (Å²) < 4.78 is 52.8. The minimum absolute atomic E-state index is 0.00681. The molecule has 0 bridgehead atoms. The van der Waals surface area contributed by atoms with Crippen LogP contribution in [0.25, 0.3) is 17.3 Å². The number of allylic oxidation sites excluding steroid dienone is 1. The molecule has 13 heteroatoms. The van der Waals surface area contributed by atoms with Crippen molar-refractivity contribution >= 4 is 23.2 Å². The molecule has 0 saturated heterocycles. The van der Waals surface area contributed by atoms with Crippen LogP contribution in [-0.2, 0) is 6.18 Å². The van der Waals surface area contributed by atoms with Crippen LogP contribution in [0, 0.1) is 32.8 Å². The number of nitrogens with zero attached hydrogens (tertiary/aromatic N) is 5.